The van der Waals surface area contributed by atoms with Crippen LogP contribution in [0, 0.1) is 0 Å². The highest BCUT2D eigenvalue weighted by Crippen LogP contribution is 2.37. The summed E-state index contributed by atoms with van der Waals surface area (Å²) in [6.07, 6.45) is 1.45. The number of nitrogens with one attached hydrogen (secondary N) is 2. The predicted molar refractivity (Wildman–Crippen MR) is 99.2 cm³/mol. The summed E-state index contributed by atoms with van der Waals surface area (Å²) in [4.78, 5) is 11.9. The number of rotatable bonds is 6. The molecule has 0 unspecified atom stereocenters. The molecule has 7 heteroatoms. The third-order valence-corrected chi connectivity index (χ3v) is 5.79. The van der Waals surface area contributed by atoms with E-state index in [4.69, 9.17) is 11.6 Å². The Labute approximate surface area is 152 Å². The van der Waals surface area contributed by atoms with E-state index in [2.05, 4.69) is 10.0 Å². The fourth-order valence-electron chi connectivity index (χ4n) is 2.91. The van der Waals surface area contributed by atoms with Crippen molar-refractivity contribution in [3.8, 4) is 0 Å². The van der Waals surface area contributed by atoms with Gasteiger partial charge in [-0.25, -0.2) is 13.1 Å². The minimum absolute atomic E-state index is 0.129. The Hall–Kier alpha value is -1.89. The lowest BCUT2D eigenvalue weighted by molar-refractivity contribution is -0.113. The van der Waals surface area contributed by atoms with E-state index in [0.29, 0.717) is 16.6 Å². The number of amides is 1. The molecular weight excluding hydrogens is 360 g/mol. The number of sulfonamides is 1. The Bertz CT molecular complexity index is 832. The minimum Gasteiger partial charge on any atom is -0.325 e. The number of para-hydroxylation sites is 1. The molecule has 2 aromatic rings. The SMILES string of the molecule is O=C(CS(=O)(=O)NC1CC(c2ccc(Cl)cc2)C1)Nc1ccccc1. The van der Waals surface area contributed by atoms with Crippen LogP contribution < -0.4 is 10.0 Å². The van der Waals surface area contributed by atoms with Gasteiger partial charge < -0.3 is 5.32 Å². The molecule has 1 aliphatic carbocycles. The summed E-state index contributed by atoms with van der Waals surface area (Å²) < 4.78 is 26.9. The van der Waals surface area contributed by atoms with Crippen LogP contribution in [-0.2, 0) is 14.8 Å². The van der Waals surface area contributed by atoms with Gasteiger partial charge in [-0.15, -0.1) is 0 Å². The van der Waals surface area contributed by atoms with Crippen LogP contribution in [0.15, 0.2) is 54.6 Å². The summed E-state index contributed by atoms with van der Waals surface area (Å²) in [6, 6.07) is 16.3. The van der Waals surface area contributed by atoms with E-state index in [1.54, 1.807) is 24.3 Å². The maximum Gasteiger partial charge on any atom is 0.240 e. The quantitative estimate of drug-likeness (QED) is 0.810. The molecule has 0 saturated heterocycles. The number of anilines is 1. The molecule has 1 saturated carbocycles. The van der Waals surface area contributed by atoms with E-state index < -0.39 is 21.7 Å². The van der Waals surface area contributed by atoms with Gasteiger partial charge in [-0.2, -0.15) is 0 Å². The summed E-state index contributed by atoms with van der Waals surface area (Å²) in [7, 11) is -3.66. The summed E-state index contributed by atoms with van der Waals surface area (Å²) in [6.45, 7) is 0. The minimum atomic E-state index is -3.66. The summed E-state index contributed by atoms with van der Waals surface area (Å²) >= 11 is 5.87. The lowest BCUT2D eigenvalue weighted by Crippen LogP contribution is -2.45. The number of hydrogen-bond acceptors (Lipinski definition) is 3. The third-order valence-electron chi connectivity index (χ3n) is 4.20. The first-order chi connectivity index (χ1) is 11.9. The zero-order valence-corrected chi connectivity index (χ0v) is 15.1. The fraction of sp³-hybridized carbons (Fsp3) is 0.278. The first kappa shape index (κ1) is 17.9. The normalized spacial score (nSPS) is 19.9. The van der Waals surface area contributed by atoms with E-state index in [-0.39, 0.29) is 6.04 Å². The van der Waals surface area contributed by atoms with E-state index in [1.807, 2.05) is 30.3 Å². The smallest absolute Gasteiger partial charge is 0.240 e. The van der Waals surface area contributed by atoms with Gasteiger partial charge in [0.15, 0.2) is 0 Å². The summed E-state index contributed by atoms with van der Waals surface area (Å²) in [5.41, 5.74) is 1.73. The highest BCUT2D eigenvalue weighted by atomic mass is 35.5. The molecule has 5 nitrogen and oxygen atoms in total. The average Bonchev–Trinajstić information content (AvgIpc) is 2.52. The Kier molecular flexibility index (Phi) is 5.42. The van der Waals surface area contributed by atoms with Crippen molar-refractivity contribution >= 4 is 33.2 Å². The van der Waals surface area contributed by atoms with Gasteiger partial charge in [0.1, 0.15) is 5.75 Å². The number of carbonyl (C=O) groups is 1. The standard InChI is InChI=1S/C18H19ClN2O3S/c19-15-8-6-13(7-9-15)14-10-17(11-14)21-25(23,24)12-18(22)20-16-4-2-1-3-5-16/h1-9,14,17,21H,10-12H2,(H,20,22). The number of carbonyl (C=O) groups excluding carboxylic acids is 1. The number of benzene rings is 2. The zero-order chi connectivity index (χ0) is 17.9. The Morgan fingerprint density at radius 1 is 1.04 bits per heavy atom. The Morgan fingerprint density at radius 3 is 2.32 bits per heavy atom. The zero-order valence-electron chi connectivity index (χ0n) is 13.5. The second-order valence-corrected chi connectivity index (χ2v) is 8.40. The van der Waals surface area contributed by atoms with Crippen molar-refractivity contribution in [2.45, 2.75) is 24.8 Å². The summed E-state index contributed by atoms with van der Waals surface area (Å²) in [5.74, 6) is -0.806. The Balaban J connectivity index is 1.48. The van der Waals surface area contributed by atoms with E-state index in [9.17, 15) is 13.2 Å². The molecule has 2 N–H and O–H groups in total. The number of hydrogen-bond donors (Lipinski definition) is 2. The van der Waals surface area contributed by atoms with Crippen molar-refractivity contribution in [2.75, 3.05) is 11.1 Å². The first-order valence-corrected chi connectivity index (χ1v) is 10.0. The van der Waals surface area contributed by atoms with Crippen molar-refractivity contribution in [1.82, 2.24) is 4.72 Å². The highest BCUT2D eigenvalue weighted by Gasteiger charge is 2.33. The lowest BCUT2D eigenvalue weighted by atomic mass is 9.76. The van der Waals surface area contributed by atoms with Gasteiger partial charge in [0, 0.05) is 16.8 Å². The van der Waals surface area contributed by atoms with Crippen LogP contribution in [0.3, 0.4) is 0 Å². The van der Waals surface area contributed by atoms with Gasteiger partial charge in [-0.1, -0.05) is 41.9 Å². The van der Waals surface area contributed by atoms with Crippen LogP contribution in [0.4, 0.5) is 5.69 Å². The van der Waals surface area contributed by atoms with Crippen LogP contribution in [0.5, 0.6) is 0 Å². The largest absolute Gasteiger partial charge is 0.325 e. The van der Waals surface area contributed by atoms with Gasteiger partial charge in [-0.05, 0) is 48.6 Å². The molecule has 0 bridgehead atoms. The third kappa shape index (κ3) is 5.04. The van der Waals surface area contributed by atoms with Crippen LogP contribution >= 0.6 is 11.6 Å². The van der Waals surface area contributed by atoms with Gasteiger partial charge in [0.25, 0.3) is 0 Å². The van der Waals surface area contributed by atoms with Gasteiger partial charge >= 0.3 is 0 Å². The maximum atomic E-state index is 12.1. The Morgan fingerprint density at radius 2 is 1.68 bits per heavy atom. The molecule has 1 aliphatic rings. The topological polar surface area (TPSA) is 75.3 Å². The van der Waals surface area contributed by atoms with Crippen molar-refractivity contribution < 1.29 is 13.2 Å². The van der Waals surface area contributed by atoms with Crippen LogP contribution in [0.25, 0.3) is 0 Å². The van der Waals surface area contributed by atoms with Gasteiger partial charge in [-0.3, -0.25) is 4.79 Å². The van der Waals surface area contributed by atoms with Crippen molar-refractivity contribution in [1.29, 1.82) is 0 Å². The lowest BCUT2D eigenvalue weighted by Gasteiger charge is -2.35. The van der Waals surface area contributed by atoms with E-state index in [1.165, 1.54) is 0 Å². The van der Waals surface area contributed by atoms with Crippen LogP contribution in [0.1, 0.15) is 24.3 Å². The molecule has 1 fully saturated rings. The molecule has 0 heterocycles. The maximum absolute atomic E-state index is 12.1. The fourth-order valence-corrected chi connectivity index (χ4v) is 4.23. The van der Waals surface area contributed by atoms with E-state index >= 15 is 0 Å². The van der Waals surface area contributed by atoms with Crippen LogP contribution in [-0.4, -0.2) is 26.1 Å². The molecule has 1 amide bonds. The molecule has 0 aliphatic heterocycles. The molecule has 132 valence electrons. The molecule has 25 heavy (non-hydrogen) atoms. The van der Waals surface area contributed by atoms with Gasteiger partial charge in [0.05, 0.1) is 0 Å². The molecule has 0 atom stereocenters. The monoisotopic (exact) mass is 378 g/mol. The molecule has 3 rings (SSSR count). The summed E-state index contributed by atoms with van der Waals surface area (Å²) in [5, 5.41) is 3.26. The van der Waals surface area contributed by atoms with Gasteiger partial charge in [0.2, 0.25) is 15.9 Å². The van der Waals surface area contributed by atoms with Crippen LogP contribution in [0.2, 0.25) is 5.02 Å². The molecule has 0 spiro atoms. The van der Waals surface area contributed by atoms with Crippen molar-refractivity contribution in [3.05, 3.63) is 65.2 Å². The van der Waals surface area contributed by atoms with Crippen molar-refractivity contribution in [3.63, 3.8) is 0 Å². The highest BCUT2D eigenvalue weighted by molar-refractivity contribution is 7.90. The molecular formula is C18H19ClN2O3S. The van der Waals surface area contributed by atoms with Crippen molar-refractivity contribution in [2.24, 2.45) is 0 Å². The van der Waals surface area contributed by atoms with E-state index in [0.717, 1.165) is 18.4 Å². The molecule has 2 aromatic carbocycles. The molecule has 0 radical (unpaired) electrons. The second-order valence-electron chi connectivity index (χ2n) is 6.21. The average molecular weight is 379 g/mol. The second kappa shape index (κ2) is 7.56. The predicted octanol–water partition coefficient (Wildman–Crippen LogP) is 3.14. The number of halogens is 1. The molecule has 0 aromatic heterocycles. The first-order valence-electron chi connectivity index (χ1n) is 8.02.